The van der Waals surface area contributed by atoms with Crippen LogP contribution in [0.1, 0.15) is 15.9 Å². The van der Waals surface area contributed by atoms with E-state index in [2.05, 4.69) is 9.71 Å². The van der Waals surface area contributed by atoms with Crippen molar-refractivity contribution in [2.45, 2.75) is 5.75 Å². The lowest BCUT2D eigenvalue weighted by atomic mass is 10.1. The summed E-state index contributed by atoms with van der Waals surface area (Å²) in [6.45, 7) is 0. The fourth-order valence-electron chi connectivity index (χ4n) is 1.46. The molecule has 0 radical (unpaired) electrons. The maximum atomic E-state index is 11.9. The van der Waals surface area contributed by atoms with Crippen molar-refractivity contribution in [2.75, 3.05) is 4.72 Å². The molecule has 6 nitrogen and oxygen atoms in total. The summed E-state index contributed by atoms with van der Waals surface area (Å²) < 4.78 is 26.0. The highest BCUT2D eigenvalue weighted by molar-refractivity contribution is 7.92. The van der Waals surface area contributed by atoms with Crippen LogP contribution < -0.4 is 4.72 Å². The van der Waals surface area contributed by atoms with Crippen molar-refractivity contribution in [2.24, 2.45) is 0 Å². The number of nitrogens with one attached hydrogen (secondary N) is 1. The molecule has 19 heavy (non-hydrogen) atoms. The molecule has 1 heterocycles. The molecule has 0 aliphatic rings. The molecule has 0 saturated carbocycles. The van der Waals surface area contributed by atoms with E-state index in [1.165, 1.54) is 35.7 Å². The molecule has 1 aromatic carbocycles. The zero-order chi connectivity index (χ0) is 13.9. The van der Waals surface area contributed by atoms with Crippen LogP contribution in [0.4, 0.5) is 5.13 Å². The van der Waals surface area contributed by atoms with Gasteiger partial charge in [-0.05, 0) is 17.7 Å². The fourth-order valence-corrected chi connectivity index (χ4v) is 3.41. The minimum atomic E-state index is -3.60. The first kappa shape index (κ1) is 13.5. The second-order valence-corrected chi connectivity index (χ2v) is 6.32. The van der Waals surface area contributed by atoms with Crippen molar-refractivity contribution in [3.05, 3.63) is 47.0 Å². The highest BCUT2D eigenvalue weighted by atomic mass is 32.2. The van der Waals surface area contributed by atoms with E-state index < -0.39 is 16.0 Å². The normalized spacial score (nSPS) is 11.2. The number of carbonyl (C=O) groups is 1. The first-order valence-corrected chi connectivity index (χ1v) is 7.72. The van der Waals surface area contributed by atoms with Crippen LogP contribution in [-0.4, -0.2) is 24.5 Å². The van der Waals surface area contributed by atoms with E-state index >= 15 is 0 Å². The summed E-state index contributed by atoms with van der Waals surface area (Å²) in [5.41, 5.74) is 0.464. The molecule has 0 bridgehead atoms. The van der Waals surface area contributed by atoms with Crippen LogP contribution >= 0.6 is 11.3 Å². The lowest BCUT2D eigenvalue weighted by Gasteiger charge is -2.05. The van der Waals surface area contributed by atoms with Crippen LogP contribution in [0.5, 0.6) is 0 Å². The largest absolute Gasteiger partial charge is 0.478 e. The molecule has 0 amide bonds. The number of hydrogen-bond acceptors (Lipinski definition) is 5. The number of hydrogen-bond donors (Lipinski definition) is 2. The van der Waals surface area contributed by atoms with E-state index in [0.717, 1.165) is 0 Å². The molecule has 1 aromatic heterocycles. The SMILES string of the molecule is O=C(O)c1cccc(CS(=O)(=O)Nc2nccs2)c1. The van der Waals surface area contributed by atoms with E-state index in [9.17, 15) is 13.2 Å². The molecule has 0 fully saturated rings. The average Bonchev–Trinajstić information content (AvgIpc) is 2.80. The van der Waals surface area contributed by atoms with E-state index in [-0.39, 0.29) is 16.4 Å². The van der Waals surface area contributed by atoms with Gasteiger partial charge < -0.3 is 5.11 Å². The molecule has 0 aliphatic heterocycles. The number of aromatic carboxylic acids is 1. The number of anilines is 1. The second kappa shape index (κ2) is 5.37. The molecule has 0 aliphatic carbocycles. The predicted molar refractivity (Wildman–Crippen MR) is 71.8 cm³/mol. The number of nitrogens with zero attached hydrogens (tertiary/aromatic N) is 1. The lowest BCUT2D eigenvalue weighted by molar-refractivity contribution is 0.0696. The van der Waals surface area contributed by atoms with Gasteiger partial charge in [-0.25, -0.2) is 18.2 Å². The van der Waals surface area contributed by atoms with Crippen molar-refractivity contribution in [3.8, 4) is 0 Å². The number of aromatic nitrogens is 1. The van der Waals surface area contributed by atoms with Gasteiger partial charge in [-0.1, -0.05) is 12.1 Å². The Balaban J connectivity index is 2.16. The van der Waals surface area contributed by atoms with Gasteiger partial charge in [0.2, 0.25) is 10.0 Å². The lowest BCUT2D eigenvalue weighted by Crippen LogP contribution is -2.15. The van der Waals surface area contributed by atoms with Gasteiger partial charge in [-0.3, -0.25) is 4.72 Å². The predicted octanol–water partition coefficient (Wildman–Crippen LogP) is 1.78. The number of rotatable bonds is 5. The second-order valence-electron chi connectivity index (χ2n) is 3.70. The van der Waals surface area contributed by atoms with Gasteiger partial charge in [0.1, 0.15) is 0 Å². The van der Waals surface area contributed by atoms with Crippen molar-refractivity contribution < 1.29 is 18.3 Å². The molecule has 0 atom stereocenters. The van der Waals surface area contributed by atoms with Gasteiger partial charge in [0, 0.05) is 11.6 Å². The minimum absolute atomic E-state index is 0.0574. The molecule has 0 saturated heterocycles. The van der Waals surface area contributed by atoms with Gasteiger partial charge >= 0.3 is 5.97 Å². The Hall–Kier alpha value is -1.93. The Morgan fingerprint density at radius 2 is 2.21 bits per heavy atom. The van der Waals surface area contributed by atoms with Crippen LogP contribution in [0.2, 0.25) is 0 Å². The van der Waals surface area contributed by atoms with E-state index in [1.807, 2.05) is 0 Å². The summed E-state index contributed by atoms with van der Waals surface area (Å²) in [6.07, 6.45) is 1.49. The number of benzene rings is 1. The monoisotopic (exact) mass is 298 g/mol. The number of sulfonamides is 1. The maximum Gasteiger partial charge on any atom is 0.335 e. The van der Waals surface area contributed by atoms with Crippen molar-refractivity contribution in [1.82, 2.24) is 4.98 Å². The smallest absolute Gasteiger partial charge is 0.335 e. The molecule has 2 N–H and O–H groups in total. The summed E-state index contributed by atoms with van der Waals surface area (Å²) >= 11 is 1.17. The summed E-state index contributed by atoms with van der Waals surface area (Å²) in [5, 5.41) is 10.8. The van der Waals surface area contributed by atoms with Crippen LogP contribution in [-0.2, 0) is 15.8 Å². The first-order valence-electron chi connectivity index (χ1n) is 5.18. The summed E-state index contributed by atoms with van der Waals surface area (Å²) in [6, 6.07) is 5.82. The third-order valence-electron chi connectivity index (χ3n) is 2.21. The van der Waals surface area contributed by atoms with E-state index in [1.54, 1.807) is 11.4 Å². The van der Waals surface area contributed by atoms with E-state index in [4.69, 9.17) is 5.11 Å². The van der Waals surface area contributed by atoms with Gasteiger partial charge in [-0.15, -0.1) is 11.3 Å². The van der Waals surface area contributed by atoms with Crippen LogP contribution in [0, 0.1) is 0 Å². The number of carboxylic acid groups (broad SMARTS) is 1. The summed E-state index contributed by atoms with van der Waals surface area (Å²) in [4.78, 5) is 14.6. The highest BCUT2D eigenvalue weighted by Crippen LogP contribution is 2.15. The standard InChI is InChI=1S/C11H10N2O4S2/c14-10(15)9-3-1-2-8(6-9)7-19(16,17)13-11-12-4-5-18-11/h1-6H,7H2,(H,12,13)(H,14,15). The molecule has 2 aromatic rings. The Kier molecular flexibility index (Phi) is 3.82. The minimum Gasteiger partial charge on any atom is -0.478 e. The van der Waals surface area contributed by atoms with Gasteiger partial charge in [-0.2, -0.15) is 0 Å². The van der Waals surface area contributed by atoms with Crippen LogP contribution in [0.3, 0.4) is 0 Å². The topological polar surface area (TPSA) is 96.4 Å². The molecular weight excluding hydrogens is 288 g/mol. The molecule has 2 rings (SSSR count). The zero-order valence-corrected chi connectivity index (χ0v) is 11.2. The van der Waals surface area contributed by atoms with Crippen LogP contribution in [0.25, 0.3) is 0 Å². The third-order valence-corrected chi connectivity index (χ3v) is 4.24. The molecular formula is C11H10N2O4S2. The average molecular weight is 298 g/mol. The van der Waals surface area contributed by atoms with Gasteiger partial charge in [0.05, 0.1) is 11.3 Å². The molecule has 0 spiro atoms. The molecule has 8 heteroatoms. The Morgan fingerprint density at radius 3 is 2.84 bits per heavy atom. The summed E-state index contributed by atoms with van der Waals surface area (Å²) in [7, 11) is -3.60. The fraction of sp³-hybridized carbons (Fsp3) is 0.0909. The van der Waals surface area contributed by atoms with Crippen LogP contribution in [0.15, 0.2) is 35.8 Å². The summed E-state index contributed by atoms with van der Waals surface area (Å²) in [5.74, 6) is -1.39. The number of carboxylic acids is 1. The van der Waals surface area contributed by atoms with Crippen molar-refractivity contribution in [1.29, 1.82) is 0 Å². The Bertz CT molecular complexity index is 680. The quantitative estimate of drug-likeness (QED) is 0.877. The van der Waals surface area contributed by atoms with Gasteiger partial charge in [0.15, 0.2) is 5.13 Å². The Labute approximate surface area is 113 Å². The molecule has 100 valence electrons. The van der Waals surface area contributed by atoms with E-state index in [0.29, 0.717) is 5.56 Å². The van der Waals surface area contributed by atoms with Crippen molar-refractivity contribution in [3.63, 3.8) is 0 Å². The first-order chi connectivity index (χ1) is 8.96. The highest BCUT2D eigenvalue weighted by Gasteiger charge is 2.14. The van der Waals surface area contributed by atoms with Gasteiger partial charge in [0.25, 0.3) is 0 Å². The Morgan fingerprint density at radius 1 is 1.42 bits per heavy atom. The van der Waals surface area contributed by atoms with Crippen molar-refractivity contribution >= 4 is 32.5 Å². The molecule has 0 unspecified atom stereocenters. The third kappa shape index (κ3) is 3.76. The maximum absolute atomic E-state index is 11.9. The number of thiazole rings is 1. The zero-order valence-electron chi connectivity index (χ0n) is 9.61.